The molecule has 3 atom stereocenters. The lowest BCUT2D eigenvalue weighted by Gasteiger charge is -2.34. The highest BCUT2D eigenvalue weighted by molar-refractivity contribution is 5.78. The summed E-state index contributed by atoms with van der Waals surface area (Å²) in [7, 11) is 0. The molecule has 2 saturated heterocycles. The topological polar surface area (TPSA) is 75.3 Å². The number of ether oxygens (including phenoxy) is 1. The van der Waals surface area contributed by atoms with Crippen molar-refractivity contribution in [2.45, 2.75) is 65.1 Å². The molecule has 2 bridgehead atoms. The summed E-state index contributed by atoms with van der Waals surface area (Å²) < 4.78 is 5.37. The van der Waals surface area contributed by atoms with Gasteiger partial charge in [-0.05, 0) is 39.5 Å². The normalized spacial score (nSPS) is 29.9. The fraction of sp³-hybridized carbons (Fsp3) is 0.706. The van der Waals surface area contributed by atoms with Gasteiger partial charge in [-0.3, -0.25) is 14.5 Å². The first-order chi connectivity index (χ1) is 11.0. The zero-order chi connectivity index (χ0) is 16.6. The third-order valence-electron chi connectivity index (χ3n) is 5.45. The van der Waals surface area contributed by atoms with Crippen molar-refractivity contribution in [1.29, 1.82) is 0 Å². The van der Waals surface area contributed by atoms with Gasteiger partial charge in [0.15, 0.2) is 0 Å². The Balaban J connectivity index is 1.85. The van der Waals surface area contributed by atoms with Crippen molar-refractivity contribution in [1.82, 2.24) is 14.9 Å². The van der Waals surface area contributed by atoms with Crippen molar-refractivity contribution >= 4 is 5.97 Å². The van der Waals surface area contributed by atoms with E-state index in [-0.39, 0.29) is 17.6 Å². The van der Waals surface area contributed by atoms with E-state index in [0.29, 0.717) is 25.0 Å². The molecule has 0 amide bonds. The monoisotopic (exact) mass is 319 g/mol. The molecule has 23 heavy (non-hydrogen) atoms. The molecule has 1 aromatic heterocycles. The van der Waals surface area contributed by atoms with Gasteiger partial charge in [0, 0.05) is 24.7 Å². The number of esters is 1. The lowest BCUT2D eigenvalue weighted by atomic mass is 9.72. The second kappa shape index (κ2) is 6.07. The number of carbonyl (C=O) groups is 1. The fourth-order valence-electron chi connectivity index (χ4n) is 4.47. The first kappa shape index (κ1) is 16.2. The number of hydrogen-bond donors (Lipinski definition) is 1. The van der Waals surface area contributed by atoms with Crippen molar-refractivity contribution in [3.8, 4) is 0 Å². The molecule has 2 fully saturated rings. The van der Waals surface area contributed by atoms with Crippen LogP contribution >= 0.6 is 0 Å². The summed E-state index contributed by atoms with van der Waals surface area (Å²) in [5.41, 5.74) is 0.264. The van der Waals surface area contributed by atoms with Crippen LogP contribution < -0.4 is 5.56 Å². The van der Waals surface area contributed by atoms with Crippen molar-refractivity contribution in [3.63, 3.8) is 0 Å². The van der Waals surface area contributed by atoms with E-state index in [1.165, 1.54) is 0 Å². The lowest BCUT2D eigenvalue weighted by molar-refractivity contribution is -0.157. The van der Waals surface area contributed by atoms with E-state index >= 15 is 0 Å². The van der Waals surface area contributed by atoms with Crippen LogP contribution in [0.25, 0.3) is 0 Å². The third kappa shape index (κ3) is 2.69. The number of nitrogens with one attached hydrogen (secondary N) is 1. The van der Waals surface area contributed by atoms with E-state index in [1.54, 1.807) is 13.0 Å². The molecule has 126 valence electrons. The summed E-state index contributed by atoms with van der Waals surface area (Å²) in [6, 6.07) is 2.13. The molecule has 0 unspecified atom stereocenters. The van der Waals surface area contributed by atoms with Crippen molar-refractivity contribution in [3.05, 3.63) is 27.9 Å². The second-order valence-electron chi connectivity index (χ2n) is 6.68. The van der Waals surface area contributed by atoms with Gasteiger partial charge in [-0.25, -0.2) is 4.98 Å². The number of aromatic amines is 1. The van der Waals surface area contributed by atoms with E-state index < -0.39 is 5.41 Å². The Hall–Kier alpha value is -1.69. The largest absolute Gasteiger partial charge is 0.466 e. The summed E-state index contributed by atoms with van der Waals surface area (Å²) >= 11 is 0. The molecule has 0 saturated carbocycles. The maximum Gasteiger partial charge on any atom is 0.313 e. The van der Waals surface area contributed by atoms with Gasteiger partial charge in [0.1, 0.15) is 5.82 Å². The van der Waals surface area contributed by atoms with Crippen LogP contribution in [0.15, 0.2) is 10.9 Å². The molecule has 0 aromatic carbocycles. The number of fused-ring (bicyclic) bond motifs is 2. The fourth-order valence-corrected chi connectivity index (χ4v) is 4.47. The molecule has 2 aliphatic heterocycles. The van der Waals surface area contributed by atoms with Gasteiger partial charge in [-0.2, -0.15) is 0 Å². The van der Waals surface area contributed by atoms with Crippen LogP contribution in [-0.4, -0.2) is 39.5 Å². The average Bonchev–Trinajstić information content (AvgIpc) is 3.01. The number of carbonyl (C=O) groups excluding carboxylic acids is 1. The zero-order valence-corrected chi connectivity index (χ0v) is 14.1. The number of rotatable bonds is 5. The molecule has 1 N–H and O–H groups in total. The van der Waals surface area contributed by atoms with Crippen molar-refractivity contribution in [2.24, 2.45) is 5.41 Å². The van der Waals surface area contributed by atoms with Crippen LogP contribution in [0, 0.1) is 12.3 Å². The Morgan fingerprint density at radius 1 is 1.48 bits per heavy atom. The molecule has 3 heterocycles. The predicted molar refractivity (Wildman–Crippen MR) is 85.9 cm³/mol. The van der Waals surface area contributed by atoms with Gasteiger partial charge in [0.2, 0.25) is 0 Å². The quantitative estimate of drug-likeness (QED) is 0.837. The summed E-state index contributed by atoms with van der Waals surface area (Å²) in [5.74, 6) is 0.570. The molecule has 0 aliphatic carbocycles. The molecule has 3 rings (SSSR count). The van der Waals surface area contributed by atoms with Gasteiger partial charge in [0.25, 0.3) is 5.56 Å². The number of aryl methyl sites for hydroxylation is 1. The van der Waals surface area contributed by atoms with E-state index in [4.69, 9.17) is 4.74 Å². The molecule has 6 heteroatoms. The van der Waals surface area contributed by atoms with Gasteiger partial charge in [-0.15, -0.1) is 0 Å². The van der Waals surface area contributed by atoms with E-state index in [9.17, 15) is 9.59 Å². The maximum absolute atomic E-state index is 12.6. The van der Waals surface area contributed by atoms with Crippen LogP contribution in [0.2, 0.25) is 0 Å². The minimum atomic E-state index is -0.394. The van der Waals surface area contributed by atoms with Crippen molar-refractivity contribution in [2.75, 3.05) is 6.61 Å². The Bertz CT molecular complexity index is 657. The van der Waals surface area contributed by atoms with E-state index in [1.807, 2.05) is 6.92 Å². The maximum atomic E-state index is 12.6. The van der Waals surface area contributed by atoms with Crippen LogP contribution in [0.5, 0.6) is 0 Å². The lowest BCUT2D eigenvalue weighted by Crippen LogP contribution is -2.44. The SMILES string of the molecule is CCOC(=O)[C@@]1(CC)C[C@H]2CC[C@@H]1N2Cc1cc(=O)[nH]c(C)n1. The summed E-state index contributed by atoms with van der Waals surface area (Å²) in [6.07, 6.45) is 3.77. The van der Waals surface area contributed by atoms with Crippen LogP contribution in [0.3, 0.4) is 0 Å². The van der Waals surface area contributed by atoms with Gasteiger partial charge < -0.3 is 9.72 Å². The average molecular weight is 319 g/mol. The summed E-state index contributed by atoms with van der Waals surface area (Å²) in [4.78, 5) is 33.7. The van der Waals surface area contributed by atoms with E-state index in [2.05, 4.69) is 21.8 Å². The first-order valence-electron chi connectivity index (χ1n) is 8.50. The van der Waals surface area contributed by atoms with E-state index in [0.717, 1.165) is 31.4 Å². The first-order valence-corrected chi connectivity index (χ1v) is 8.50. The smallest absolute Gasteiger partial charge is 0.313 e. The number of hydrogen-bond acceptors (Lipinski definition) is 5. The molecule has 0 radical (unpaired) electrons. The molecule has 1 aromatic rings. The predicted octanol–water partition coefficient (Wildman–Crippen LogP) is 1.77. The van der Waals surface area contributed by atoms with Crippen molar-refractivity contribution < 1.29 is 9.53 Å². The van der Waals surface area contributed by atoms with Gasteiger partial charge in [-0.1, -0.05) is 6.92 Å². The highest BCUT2D eigenvalue weighted by Gasteiger charge is 2.59. The third-order valence-corrected chi connectivity index (χ3v) is 5.45. The molecular weight excluding hydrogens is 294 g/mol. The van der Waals surface area contributed by atoms with Gasteiger partial charge >= 0.3 is 5.97 Å². The Kier molecular flexibility index (Phi) is 4.27. The summed E-state index contributed by atoms with van der Waals surface area (Å²) in [6.45, 7) is 6.77. The Labute approximate surface area is 136 Å². The Morgan fingerprint density at radius 2 is 2.26 bits per heavy atom. The number of H-pyrrole nitrogens is 1. The highest BCUT2D eigenvalue weighted by atomic mass is 16.5. The standard InChI is InChI=1S/C17H25N3O3/c1-4-17(16(22)23-5-2)9-13-6-7-14(17)20(13)10-12-8-15(21)19-11(3)18-12/h8,13-14H,4-7,9-10H2,1-3H3,(H,18,19,21)/t13-,14+,17+/m1/s1. The molecule has 0 spiro atoms. The minimum absolute atomic E-state index is 0.0604. The zero-order valence-electron chi connectivity index (χ0n) is 14.1. The Morgan fingerprint density at radius 3 is 2.91 bits per heavy atom. The van der Waals surface area contributed by atoms with Crippen LogP contribution in [0.1, 0.15) is 51.0 Å². The van der Waals surface area contributed by atoms with Crippen LogP contribution in [0.4, 0.5) is 0 Å². The second-order valence-corrected chi connectivity index (χ2v) is 6.68. The van der Waals surface area contributed by atoms with Gasteiger partial charge in [0.05, 0.1) is 17.7 Å². The number of aromatic nitrogens is 2. The molecule has 6 nitrogen and oxygen atoms in total. The summed E-state index contributed by atoms with van der Waals surface area (Å²) in [5, 5.41) is 0. The van der Waals surface area contributed by atoms with Crippen LogP contribution in [-0.2, 0) is 16.1 Å². The number of nitrogens with zero attached hydrogens (tertiary/aromatic N) is 2. The highest BCUT2D eigenvalue weighted by Crippen LogP contribution is 2.52. The molecular formula is C17H25N3O3. The molecule has 2 aliphatic rings. The minimum Gasteiger partial charge on any atom is -0.466 e.